The average molecular weight is 346 g/mol. The summed E-state index contributed by atoms with van der Waals surface area (Å²) in [4.78, 5) is 13.8. The molecule has 0 spiro atoms. The van der Waals surface area contributed by atoms with Crippen molar-refractivity contribution in [2.45, 2.75) is 18.2 Å². The van der Waals surface area contributed by atoms with Gasteiger partial charge in [-0.25, -0.2) is 0 Å². The molecule has 9 heteroatoms. The Kier molecular flexibility index (Phi) is 4.68. The van der Waals surface area contributed by atoms with Crippen molar-refractivity contribution in [1.82, 2.24) is 25.2 Å². The van der Waals surface area contributed by atoms with Gasteiger partial charge in [0.1, 0.15) is 0 Å². The molecule has 2 aromatic heterocycles. The van der Waals surface area contributed by atoms with Crippen molar-refractivity contribution in [3.8, 4) is 5.69 Å². The molecule has 0 aliphatic rings. The smallest absolute Gasteiger partial charge is 0.279 e. The summed E-state index contributed by atoms with van der Waals surface area (Å²) < 4.78 is 0.826. The summed E-state index contributed by atoms with van der Waals surface area (Å²) in [5, 5.41) is 19.7. The highest BCUT2D eigenvalue weighted by Gasteiger charge is 2.18. The Balaban J connectivity index is 1.78. The Morgan fingerprint density at radius 1 is 1.26 bits per heavy atom. The normalized spacial score (nSPS) is 10.7. The van der Waals surface area contributed by atoms with Gasteiger partial charge in [-0.3, -0.25) is 10.1 Å². The number of carbonyl (C=O) groups excluding carboxylic acids is 1. The van der Waals surface area contributed by atoms with Gasteiger partial charge in [-0.2, -0.15) is 9.90 Å². The summed E-state index contributed by atoms with van der Waals surface area (Å²) in [5.41, 5.74) is 1.62. The highest BCUT2D eigenvalue weighted by atomic mass is 32.2. The summed E-state index contributed by atoms with van der Waals surface area (Å²) in [5.74, 6) is 0.571. The molecular weight excluding hydrogens is 332 g/mol. The van der Waals surface area contributed by atoms with Crippen molar-refractivity contribution < 1.29 is 4.79 Å². The molecule has 0 aliphatic carbocycles. The number of benzene rings is 1. The molecule has 3 rings (SSSR count). The van der Waals surface area contributed by atoms with Gasteiger partial charge in [0.05, 0.1) is 11.4 Å². The second-order valence-corrected chi connectivity index (χ2v) is 7.01. The quantitative estimate of drug-likeness (QED) is 0.565. The molecule has 3 aromatic rings. The van der Waals surface area contributed by atoms with E-state index in [1.165, 1.54) is 16.1 Å². The van der Waals surface area contributed by atoms with E-state index in [4.69, 9.17) is 0 Å². The van der Waals surface area contributed by atoms with Crippen LogP contribution in [0.25, 0.3) is 5.69 Å². The number of nitrogens with zero attached hydrogens (tertiary/aromatic N) is 5. The zero-order chi connectivity index (χ0) is 16.2. The van der Waals surface area contributed by atoms with Crippen LogP contribution in [0.1, 0.15) is 23.1 Å². The second kappa shape index (κ2) is 6.88. The van der Waals surface area contributed by atoms with E-state index < -0.39 is 0 Å². The van der Waals surface area contributed by atoms with Crippen LogP contribution in [0.2, 0.25) is 0 Å². The Hall–Kier alpha value is -2.26. The first-order valence-corrected chi connectivity index (χ1v) is 8.74. The number of hydrogen-bond acceptors (Lipinski definition) is 7. The predicted molar refractivity (Wildman–Crippen MR) is 90.4 cm³/mol. The van der Waals surface area contributed by atoms with Gasteiger partial charge >= 0.3 is 0 Å². The first-order chi connectivity index (χ1) is 11.2. The first-order valence-electron chi connectivity index (χ1n) is 6.94. The standard InChI is InChI=1S/C14H14N6OS2/c1-3-22-14-17-16-13(23-14)15-12(21)11-9(2)18-20(19-11)10-7-5-4-6-8-10/h4-8H,3H2,1-2H3,(H,15,16,21). The molecule has 0 atom stereocenters. The minimum Gasteiger partial charge on any atom is -0.295 e. The van der Waals surface area contributed by atoms with Gasteiger partial charge in [0.15, 0.2) is 10.0 Å². The summed E-state index contributed by atoms with van der Waals surface area (Å²) >= 11 is 2.93. The van der Waals surface area contributed by atoms with Gasteiger partial charge < -0.3 is 0 Å². The monoisotopic (exact) mass is 346 g/mol. The topological polar surface area (TPSA) is 85.6 Å². The molecular formula is C14H14N6OS2. The molecule has 1 N–H and O–H groups in total. The Labute approximate surface area is 141 Å². The molecule has 0 saturated heterocycles. The Morgan fingerprint density at radius 2 is 2.04 bits per heavy atom. The van der Waals surface area contributed by atoms with E-state index in [1.54, 1.807) is 18.7 Å². The maximum Gasteiger partial charge on any atom is 0.279 e. The molecule has 2 heterocycles. The lowest BCUT2D eigenvalue weighted by Gasteiger charge is -1.98. The van der Waals surface area contributed by atoms with Gasteiger partial charge in [0.2, 0.25) is 5.13 Å². The van der Waals surface area contributed by atoms with Crippen LogP contribution in [0.5, 0.6) is 0 Å². The number of para-hydroxylation sites is 1. The molecule has 7 nitrogen and oxygen atoms in total. The third kappa shape index (κ3) is 3.57. The number of rotatable bonds is 5. The van der Waals surface area contributed by atoms with E-state index in [9.17, 15) is 4.79 Å². The van der Waals surface area contributed by atoms with Crippen LogP contribution in [-0.2, 0) is 0 Å². The van der Waals surface area contributed by atoms with E-state index in [-0.39, 0.29) is 11.6 Å². The van der Waals surface area contributed by atoms with Crippen LogP contribution in [-0.4, -0.2) is 36.9 Å². The molecule has 0 aliphatic heterocycles. The van der Waals surface area contributed by atoms with Crippen LogP contribution in [0.3, 0.4) is 0 Å². The summed E-state index contributed by atoms with van der Waals surface area (Å²) in [7, 11) is 0. The molecule has 1 aromatic carbocycles. The number of aromatic nitrogens is 5. The van der Waals surface area contributed by atoms with E-state index in [2.05, 4.69) is 25.7 Å². The highest BCUT2D eigenvalue weighted by molar-refractivity contribution is 8.01. The molecule has 0 bridgehead atoms. The Morgan fingerprint density at radius 3 is 2.78 bits per heavy atom. The second-order valence-electron chi connectivity index (χ2n) is 4.52. The zero-order valence-corrected chi connectivity index (χ0v) is 14.2. The lowest BCUT2D eigenvalue weighted by molar-refractivity contribution is 0.102. The van der Waals surface area contributed by atoms with Crippen molar-refractivity contribution in [2.24, 2.45) is 0 Å². The van der Waals surface area contributed by atoms with Crippen molar-refractivity contribution in [2.75, 3.05) is 11.1 Å². The zero-order valence-electron chi connectivity index (χ0n) is 12.6. The van der Waals surface area contributed by atoms with E-state index >= 15 is 0 Å². The molecule has 0 radical (unpaired) electrons. The van der Waals surface area contributed by atoms with E-state index in [0.29, 0.717) is 10.8 Å². The van der Waals surface area contributed by atoms with Gasteiger partial charge in [-0.15, -0.1) is 15.3 Å². The van der Waals surface area contributed by atoms with E-state index in [1.807, 2.05) is 37.3 Å². The van der Waals surface area contributed by atoms with Crippen molar-refractivity contribution >= 4 is 34.1 Å². The van der Waals surface area contributed by atoms with Crippen LogP contribution < -0.4 is 5.32 Å². The number of carbonyl (C=O) groups is 1. The number of amides is 1. The molecule has 0 unspecified atom stereocenters. The summed E-state index contributed by atoms with van der Waals surface area (Å²) in [6.45, 7) is 3.79. The minimum absolute atomic E-state index is 0.272. The van der Waals surface area contributed by atoms with Gasteiger partial charge in [0.25, 0.3) is 5.91 Å². The van der Waals surface area contributed by atoms with Gasteiger partial charge in [-0.05, 0) is 24.8 Å². The maximum absolute atomic E-state index is 12.4. The molecule has 0 saturated carbocycles. The lowest BCUT2D eigenvalue weighted by Crippen LogP contribution is -2.14. The molecule has 23 heavy (non-hydrogen) atoms. The van der Waals surface area contributed by atoms with Crippen LogP contribution >= 0.6 is 23.1 Å². The summed E-state index contributed by atoms with van der Waals surface area (Å²) in [6.07, 6.45) is 0. The van der Waals surface area contributed by atoms with Crippen LogP contribution in [0.4, 0.5) is 5.13 Å². The molecule has 118 valence electrons. The number of nitrogens with one attached hydrogen (secondary N) is 1. The fourth-order valence-corrected chi connectivity index (χ4v) is 3.51. The first kappa shape index (κ1) is 15.6. The number of thioether (sulfide) groups is 1. The van der Waals surface area contributed by atoms with Crippen molar-refractivity contribution in [3.63, 3.8) is 0 Å². The SMILES string of the molecule is CCSc1nnc(NC(=O)c2nn(-c3ccccc3)nc2C)s1. The van der Waals surface area contributed by atoms with E-state index in [0.717, 1.165) is 15.8 Å². The highest BCUT2D eigenvalue weighted by Crippen LogP contribution is 2.25. The lowest BCUT2D eigenvalue weighted by atomic mass is 10.3. The molecule has 0 fully saturated rings. The third-order valence-corrected chi connectivity index (χ3v) is 4.73. The fourth-order valence-electron chi connectivity index (χ4n) is 1.86. The minimum atomic E-state index is -0.339. The van der Waals surface area contributed by atoms with Crippen molar-refractivity contribution in [3.05, 3.63) is 41.7 Å². The average Bonchev–Trinajstić information content (AvgIpc) is 3.15. The van der Waals surface area contributed by atoms with Crippen molar-refractivity contribution in [1.29, 1.82) is 0 Å². The number of aryl methyl sites for hydroxylation is 1. The predicted octanol–water partition coefficient (Wildman–Crippen LogP) is 2.79. The van der Waals surface area contributed by atoms with Gasteiger partial charge in [0, 0.05) is 0 Å². The maximum atomic E-state index is 12.4. The summed E-state index contributed by atoms with van der Waals surface area (Å²) in [6, 6.07) is 9.44. The Bertz CT molecular complexity index is 814. The largest absolute Gasteiger partial charge is 0.295 e. The molecule has 1 amide bonds. The van der Waals surface area contributed by atoms with Crippen LogP contribution in [0.15, 0.2) is 34.7 Å². The van der Waals surface area contributed by atoms with Crippen LogP contribution in [0, 0.1) is 6.92 Å². The fraction of sp³-hybridized carbons (Fsp3) is 0.214. The number of hydrogen-bond donors (Lipinski definition) is 1. The number of anilines is 1. The van der Waals surface area contributed by atoms with Gasteiger partial charge in [-0.1, -0.05) is 48.2 Å². The third-order valence-electron chi connectivity index (χ3n) is 2.88.